The van der Waals surface area contributed by atoms with Crippen molar-refractivity contribution in [3.8, 4) is 0 Å². The van der Waals surface area contributed by atoms with Crippen LogP contribution in [0.2, 0.25) is 5.02 Å². The average molecular weight is 418 g/mol. The first-order valence-electron chi connectivity index (χ1n) is 6.12. The quantitative estimate of drug-likeness (QED) is 0.561. The molecule has 1 aliphatic carbocycles. The van der Waals surface area contributed by atoms with Gasteiger partial charge in [0.15, 0.2) is 0 Å². The Morgan fingerprint density at radius 2 is 1.95 bits per heavy atom. The molecular formula is C13H12ClF3INO. The van der Waals surface area contributed by atoms with Gasteiger partial charge in [-0.05, 0) is 47.6 Å². The zero-order chi connectivity index (χ0) is 14.9. The van der Waals surface area contributed by atoms with E-state index in [0.717, 1.165) is 6.07 Å². The molecule has 1 aromatic carbocycles. The molecule has 0 unspecified atom stereocenters. The van der Waals surface area contributed by atoms with Crippen molar-refractivity contribution in [1.82, 2.24) is 5.32 Å². The fourth-order valence-corrected chi connectivity index (χ4v) is 2.85. The number of hydrogen-bond acceptors (Lipinski definition) is 1. The Morgan fingerprint density at radius 1 is 1.35 bits per heavy atom. The molecule has 1 saturated carbocycles. The molecule has 1 aromatic rings. The van der Waals surface area contributed by atoms with Gasteiger partial charge in [-0.25, -0.2) is 13.2 Å². The van der Waals surface area contributed by atoms with Crippen LogP contribution >= 0.6 is 34.2 Å². The highest BCUT2D eigenvalue weighted by atomic mass is 127. The predicted octanol–water partition coefficient (Wildman–Crippen LogP) is 4.39. The van der Waals surface area contributed by atoms with Gasteiger partial charge >= 0.3 is 0 Å². The second-order valence-corrected chi connectivity index (χ2v) is 6.42. The van der Waals surface area contributed by atoms with Crippen molar-refractivity contribution in [3.63, 3.8) is 0 Å². The molecule has 1 amide bonds. The predicted molar refractivity (Wildman–Crippen MR) is 78.8 cm³/mol. The third-order valence-electron chi connectivity index (χ3n) is 3.31. The van der Waals surface area contributed by atoms with E-state index in [-0.39, 0.29) is 45.9 Å². The number of carbonyl (C=O) groups is 1. The molecule has 0 atom stereocenters. The zero-order valence-electron chi connectivity index (χ0n) is 10.4. The maximum atomic E-state index is 13.3. The van der Waals surface area contributed by atoms with Crippen LogP contribution < -0.4 is 5.32 Å². The lowest BCUT2D eigenvalue weighted by Gasteiger charge is -2.28. The number of alkyl halides is 2. The summed E-state index contributed by atoms with van der Waals surface area (Å²) in [6.45, 7) is 0. The lowest BCUT2D eigenvalue weighted by molar-refractivity contribution is -0.0399. The first kappa shape index (κ1) is 15.9. The van der Waals surface area contributed by atoms with Gasteiger partial charge in [0, 0.05) is 22.5 Å². The van der Waals surface area contributed by atoms with E-state index in [4.69, 9.17) is 11.6 Å². The fourth-order valence-electron chi connectivity index (χ4n) is 2.14. The molecule has 0 spiro atoms. The molecule has 1 fully saturated rings. The van der Waals surface area contributed by atoms with Crippen LogP contribution in [-0.2, 0) is 0 Å². The van der Waals surface area contributed by atoms with Crippen LogP contribution in [-0.4, -0.2) is 17.9 Å². The van der Waals surface area contributed by atoms with Crippen LogP contribution in [0.25, 0.3) is 0 Å². The molecule has 0 bridgehead atoms. The lowest BCUT2D eigenvalue weighted by Crippen LogP contribution is -2.40. The standard InChI is InChI=1S/C13H12ClF3INO/c14-9-6-10(15)11(18)5-8(9)12(20)19-7-1-3-13(16,17)4-2-7/h5-7H,1-4H2,(H,19,20). The molecule has 20 heavy (non-hydrogen) atoms. The van der Waals surface area contributed by atoms with E-state index in [1.807, 2.05) is 0 Å². The summed E-state index contributed by atoms with van der Waals surface area (Å²) in [6, 6.07) is 2.14. The van der Waals surface area contributed by atoms with Gasteiger partial charge in [0.2, 0.25) is 5.92 Å². The molecule has 1 aliphatic rings. The summed E-state index contributed by atoms with van der Waals surface area (Å²) in [5.41, 5.74) is 0.162. The highest BCUT2D eigenvalue weighted by Crippen LogP contribution is 2.33. The Labute approximate surface area is 133 Å². The molecule has 110 valence electrons. The molecule has 0 aromatic heterocycles. The van der Waals surface area contributed by atoms with Crippen LogP contribution in [0, 0.1) is 9.39 Å². The minimum atomic E-state index is -2.63. The highest BCUT2D eigenvalue weighted by Gasteiger charge is 2.35. The number of hydrogen-bond donors (Lipinski definition) is 1. The van der Waals surface area contributed by atoms with E-state index in [1.165, 1.54) is 6.07 Å². The summed E-state index contributed by atoms with van der Waals surface area (Å²) in [4.78, 5) is 12.0. The number of carbonyl (C=O) groups excluding carboxylic acids is 1. The SMILES string of the molecule is O=C(NC1CCC(F)(F)CC1)c1cc(I)c(F)cc1Cl. The van der Waals surface area contributed by atoms with Crippen molar-refractivity contribution < 1.29 is 18.0 Å². The van der Waals surface area contributed by atoms with Gasteiger partial charge < -0.3 is 5.32 Å². The van der Waals surface area contributed by atoms with Crippen molar-refractivity contribution in [3.05, 3.63) is 32.1 Å². The first-order chi connectivity index (χ1) is 9.28. The summed E-state index contributed by atoms with van der Waals surface area (Å²) in [5, 5.41) is 2.69. The Balaban J connectivity index is 2.04. The van der Waals surface area contributed by atoms with Crippen LogP contribution in [0.4, 0.5) is 13.2 Å². The van der Waals surface area contributed by atoms with Crippen molar-refractivity contribution in [2.24, 2.45) is 0 Å². The first-order valence-corrected chi connectivity index (χ1v) is 7.57. The molecule has 0 heterocycles. The molecule has 1 N–H and O–H groups in total. The summed E-state index contributed by atoms with van der Waals surface area (Å²) >= 11 is 7.60. The Morgan fingerprint density at radius 3 is 2.55 bits per heavy atom. The topological polar surface area (TPSA) is 29.1 Å². The number of benzene rings is 1. The third kappa shape index (κ3) is 3.78. The number of rotatable bonds is 2. The zero-order valence-corrected chi connectivity index (χ0v) is 13.3. The molecule has 0 aliphatic heterocycles. The molecule has 0 saturated heterocycles. The van der Waals surface area contributed by atoms with Crippen LogP contribution in [0.5, 0.6) is 0 Å². The second kappa shape index (κ2) is 6.09. The van der Waals surface area contributed by atoms with Gasteiger partial charge in [-0.3, -0.25) is 4.79 Å². The fraction of sp³-hybridized carbons (Fsp3) is 0.462. The smallest absolute Gasteiger partial charge is 0.253 e. The van der Waals surface area contributed by atoms with Crippen molar-refractivity contribution >= 4 is 40.1 Å². The van der Waals surface area contributed by atoms with Crippen LogP contribution in [0.3, 0.4) is 0 Å². The number of halogens is 5. The maximum Gasteiger partial charge on any atom is 0.253 e. The number of amides is 1. The van der Waals surface area contributed by atoms with Gasteiger partial charge in [0.05, 0.1) is 10.6 Å². The maximum absolute atomic E-state index is 13.3. The lowest BCUT2D eigenvalue weighted by atomic mass is 9.92. The van der Waals surface area contributed by atoms with E-state index in [0.29, 0.717) is 0 Å². The largest absolute Gasteiger partial charge is 0.349 e. The van der Waals surface area contributed by atoms with Crippen LogP contribution in [0.15, 0.2) is 12.1 Å². The Hall–Kier alpha value is -0.500. The van der Waals surface area contributed by atoms with Gasteiger partial charge in [-0.1, -0.05) is 11.6 Å². The molecule has 7 heteroatoms. The van der Waals surface area contributed by atoms with Crippen molar-refractivity contribution in [2.75, 3.05) is 0 Å². The minimum absolute atomic E-state index is 0.0153. The summed E-state index contributed by atoms with van der Waals surface area (Å²) in [7, 11) is 0. The molecule has 2 nitrogen and oxygen atoms in total. The van der Waals surface area contributed by atoms with Crippen molar-refractivity contribution in [1.29, 1.82) is 0 Å². The van der Waals surface area contributed by atoms with Gasteiger partial charge in [0.1, 0.15) is 5.82 Å². The average Bonchev–Trinajstić information content (AvgIpc) is 2.36. The molecule has 2 rings (SSSR count). The summed E-state index contributed by atoms with van der Waals surface area (Å²) in [6.07, 6.45) is 0.00253. The van der Waals surface area contributed by atoms with Gasteiger partial charge in [-0.2, -0.15) is 0 Å². The molecule has 0 radical (unpaired) electrons. The summed E-state index contributed by atoms with van der Waals surface area (Å²) in [5.74, 6) is -3.59. The van der Waals surface area contributed by atoms with E-state index < -0.39 is 17.6 Å². The van der Waals surface area contributed by atoms with Gasteiger partial charge in [-0.15, -0.1) is 0 Å². The van der Waals surface area contributed by atoms with E-state index in [9.17, 15) is 18.0 Å². The third-order valence-corrected chi connectivity index (χ3v) is 4.45. The van der Waals surface area contributed by atoms with E-state index in [2.05, 4.69) is 5.32 Å². The van der Waals surface area contributed by atoms with E-state index in [1.54, 1.807) is 22.6 Å². The minimum Gasteiger partial charge on any atom is -0.349 e. The van der Waals surface area contributed by atoms with Crippen LogP contribution in [0.1, 0.15) is 36.0 Å². The Bertz CT molecular complexity index is 529. The second-order valence-electron chi connectivity index (χ2n) is 4.85. The van der Waals surface area contributed by atoms with E-state index >= 15 is 0 Å². The van der Waals surface area contributed by atoms with Crippen molar-refractivity contribution in [2.45, 2.75) is 37.6 Å². The normalized spacial score (nSPS) is 18.9. The monoisotopic (exact) mass is 417 g/mol. The number of nitrogens with one attached hydrogen (secondary N) is 1. The molecular weight excluding hydrogens is 406 g/mol. The highest BCUT2D eigenvalue weighted by molar-refractivity contribution is 14.1. The van der Waals surface area contributed by atoms with Gasteiger partial charge in [0.25, 0.3) is 5.91 Å². The summed E-state index contributed by atoms with van der Waals surface area (Å²) < 4.78 is 39.6. The Kier molecular flexibility index (Phi) is 4.84.